The molecule has 2 heteroatoms. The Kier molecular flexibility index (Phi) is 8.64. The van der Waals surface area contributed by atoms with E-state index in [1.165, 1.54) is 0 Å². The van der Waals surface area contributed by atoms with Gasteiger partial charge < -0.3 is 4.43 Å². The molecule has 1 unspecified atom stereocenters. The summed E-state index contributed by atoms with van der Waals surface area (Å²) in [5.41, 5.74) is 1.30. The maximum absolute atomic E-state index is 6.31. The van der Waals surface area contributed by atoms with Crippen molar-refractivity contribution in [1.82, 2.24) is 0 Å². The SMILES string of the molecule is CCC#CC(CC(C)C)O[Si](C(C)C)C(C)C. The van der Waals surface area contributed by atoms with Crippen molar-refractivity contribution >= 4 is 9.04 Å². The van der Waals surface area contributed by atoms with Gasteiger partial charge in [0.2, 0.25) is 9.04 Å². The fourth-order valence-corrected chi connectivity index (χ4v) is 4.24. The van der Waals surface area contributed by atoms with Crippen molar-refractivity contribution in [1.29, 1.82) is 0 Å². The van der Waals surface area contributed by atoms with Crippen LogP contribution in [-0.2, 0) is 4.43 Å². The first-order valence-electron chi connectivity index (χ1n) is 6.90. The fourth-order valence-electron chi connectivity index (χ4n) is 1.88. The summed E-state index contributed by atoms with van der Waals surface area (Å²) in [5, 5.41) is 0. The van der Waals surface area contributed by atoms with Gasteiger partial charge in [0.1, 0.15) is 6.10 Å². The molecule has 0 aliphatic heterocycles. The molecule has 0 aliphatic rings. The van der Waals surface area contributed by atoms with E-state index >= 15 is 0 Å². The summed E-state index contributed by atoms with van der Waals surface area (Å²) in [6.07, 6.45) is 2.12. The third kappa shape index (κ3) is 7.62. The largest absolute Gasteiger partial charge is 0.403 e. The lowest BCUT2D eigenvalue weighted by molar-refractivity contribution is 0.220. The number of hydrogen-bond acceptors (Lipinski definition) is 1. The van der Waals surface area contributed by atoms with E-state index in [1.807, 2.05) is 0 Å². The molecule has 17 heavy (non-hydrogen) atoms. The minimum absolute atomic E-state index is 0.147. The van der Waals surface area contributed by atoms with Crippen LogP contribution in [0, 0.1) is 17.8 Å². The van der Waals surface area contributed by atoms with Crippen molar-refractivity contribution in [3.05, 3.63) is 0 Å². The molecule has 1 nitrogen and oxygen atoms in total. The van der Waals surface area contributed by atoms with Crippen molar-refractivity contribution in [2.24, 2.45) is 5.92 Å². The van der Waals surface area contributed by atoms with Gasteiger partial charge >= 0.3 is 0 Å². The molecule has 0 amide bonds. The van der Waals surface area contributed by atoms with E-state index in [4.69, 9.17) is 4.43 Å². The molecule has 0 bridgehead atoms. The van der Waals surface area contributed by atoms with Crippen LogP contribution in [0.5, 0.6) is 0 Å². The molecule has 0 rings (SSSR count). The maximum Gasteiger partial charge on any atom is 0.218 e. The quantitative estimate of drug-likeness (QED) is 0.495. The van der Waals surface area contributed by atoms with Gasteiger partial charge in [-0.25, -0.2) is 0 Å². The highest BCUT2D eigenvalue weighted by molar-refractivity contribution is 6.55. The van der Waals surface area contributed by atoms with Gasteiger partial charge in [0.15, 0.2) is 0 Å². The Bertz CT molecular complexity index is 239. The van der Waals surface area contributed by atoms with Crippen molar-refractivity contribution in [2.45, 2.75) is 78.5 Å². The summed E-state index contributed by atoms with van der Waals surface area (Å²) in [7, 11) is -0.755. The zero-order chi connectivity index (χ0) is 13.4. The summed E-state index contributed by atoms with van der Waals surface area (Å²) >= 11 is 0. The Labute approximate surface area is 110 Å². The number of rotatable bonds is 6. The average molecular weight is 253 g/mol. The zero-order valence-electron chi connectivity index (χ0n) is 12.6. The minimum Gasteiger partial charge on any atom is -0.403 e. The van der Waals surface area contributed by atoms with Crippen molar-refractivity contribution in [2.75, 3.05) is 0 Å². The molecule has 0 spiro atoms. The molecular weight excluding hydrogens is 224 g/mol. The molecule has 0 aromatic rings. The van der Waals surface area contributed by atoms with Crippen molar-refractivity contribution in [3.63, 3.8) is 0 Å². The lowest BCUT2D eigenvalue weighted by Gasteiger charge is -2.26. The summed E-state index contributed by atoms with van der Waals surface area (Å²) in [6.45, 7) is 15.7. The molecule has 0 N–H and O–H groups in total. The van der Waals surface area contributed by atoms with Crippen LogP contribution in [-0.4, -0.2) is 15.1 Å². The summed E-state index contributed by atoms with van der Waals surface area (Å²) in [6, 6.07) is 0. The number of hydrogen-bond donors (Lipinski definition) is 0. The van der Waals surface area contributed by atoms with E-state index in [-0.39, 0.29) is 6.10 Å². The molecule has 1 radical (unpaired) electrons. The average Bonchev–Trinajstić information content (AvgIpc) is 2.20. The van der Waals surface area contributed by atoms with Crippen LogP contribution in [0.1, 0.15) is 61.3 Å². The Morgan fingerprint density at radius 2 is 1.53 bits per heavy atom. The molecule has 0 heterocycles. The van der Waals surface area contributed by atoms with E-state index < -0.39 is 9.04 Å². The monoisotopic (exact) mass is 253 g/mol. The Balaban J connectivity index is 4.58. The molecule has 0 aliphatic carbocycles. The van der Waals surface area contributed by atoms with Crippen LogP contribution >= 0.6 is 0 Å². The third-order valence-corrected chi connectivity index (χ3v) is 5.37. The molecule has 0 saturated carbocycles. The van der Waals surface area contributed by atoms with Gasteiger partial charge in [-0.3, -0.25) is 0 Å². The van der Waals surface area contributed by atoms with Gasteiger partial charge in [-0.1, -0.05) is 54.4 Å². The van der Waals surface area contributed by atoms with Gasteiger partial charge in [0, 0.05) is 6.42 Å². The van der Waals surface area contributed by atoms with Crippen LogP contribution in [0.4, 0.5) is 0 Å². The van der Waals surface area contributed by atoms with Gasteiger partial charge in [-0.05, 0) is 23.4 Å². The lowest BCUT2D eigenvalue weighted by Crippen LogP contribution is -2.31. The first kappa shape index (κ1) is 16.7. The third-order valence-electron chi connectivity index (χ3n) is 2.54. The highest BCUT2D eigenvalue weighted by atomic mass is 28.3. The van der Waals surface area contributed by atoms with E-state index in [1.54, 1.807) is 0 Å². The Morgan fingerprint density at radius 3 is 1.88 bits per heavy atom. The normalized spacial score (nSPS) is 13.4. The standard InChI is InChI=1S/C15H29OSi/c1-8-9-10-15(11-12(2)3)16-17(13(4)5)14(6)7/h12-15H,8,11H2,1-7H3. The highest BCUT2D eigenvalue weighted by Gasteiger charge is 2.25. The maximum atomic E-state index is 6.31. The lowest BCUT2D eigenvalue weighted by atomic mass is 10.1. The van der Waals surface area contributed by atoms with E-state index in [2.05, 4.69) is 60.3 Å². The Hall–Kier alpha value is -0.263. The molecule has 99 valence electrons. The summed E-state index contributed by atoms with van der Waals surface area (Å²) < 4.78 is 6.31. The van der Waals surface area contributed by atoms with Crippen LogP contribution in [0.3, 0.4) is 0 Å². The molecule has 0 aromatic carbocycles. The molecule has 0 aromatic heterocycles. The van der Waals surface area contributed by atoms with Gasteiger partial charge in [-0.2, -0.15) is 0 Å². The molecule has 1 atom stereocenters. The minimum atomic E-state index is -0.755. The summed E-state index contributed by atoms with van der Waals surface area (Å²) in [4.78, 5) is 0. The fraction of sp³-hybridized carbons (Fsp3) is 0.867. The van der Waals surface area contributed by atoms with Crippen molar-refractivity contribution < 1.29 is 4.43 Å². The van der Waals surface area contributed by atoms with Gasteiger partial charge in [0.05, 0.1) is 0 Å². The van der Waals surface area contributed by atoms with E-state index in [0.29, 0.717) is 17.0 Å². The van der Waals surface area contributed by atoms with E-state index in [0.717, 1.165) is 12.8 Å². The summed E-state index contributed by atoms with van der Waals surface area (Å²) in [5.74, 6) is 7.12. The van der Waals surface area contributed by atoms with Crippen LogP contribution < -0.4 is 0 Å². The second kappa shape index (κ2) is 8.77. The smallest absolute Gasteiger partial charge is 0.218 e. The zero-order valence-corrected chi connectivity index (χ0v) is 13.6. The molecule has 0 fully saturated rings. The first-order chi connectivity index (χ1) is 7.88. The van der Waals surface area contributed by atoms with E-state index in [9.17, 15) is 0 Å². The molecular formula is C15H29OSi. The predicted octanol–water partition coefficient (Wildman–Crippen LogP) is 4.64. The van der Waals surface area contributed by atoms with Crippen LogP contribution in [0.25, 0.3) is 0 Å². The van der Waals surface area contributed by atoms with Gasteiger partial charge in [0.25, 0.3) is 0 Å². The second-order valence-corrected chi connectivity index (χ2v) is 8.97. The predicted molar refractivity (Wildman–Crippen MR) is 78.3 cm³/mol. The second-order valence-electron chi connectivity index (χ2n) is 5.62. The van der Waals surface area contributed by atoms with Gasteiger partial charge in [-0.15, -0.1) is 5.92 Å². The highest BCUT2D eigenvalue weighted by Crippen LogP contribution is 2.23. The molecule has 0 saturated heterocycles. The van der Waals surface area contributed by atoms with Crippen LogP contribution in [0.2, 0.25) is 11.1 Å². The first-order valence-corrected chi connectivity index (χ1v) is 8.46. The Morgan fingerprint density at radius 1 is 1.00 bits per heavy atom. The topological polar surface area (TPSA) is 9.23 Å². The van der Waals surface area contributed by atoms with Crippen LogP contribution in [0.15, 0.2) is 0 Å². The van der Waals surface area contributed by atoms with Crippen molar-refractivity contribution in [3.8, 4) is 11.8 Å².